The Labute approximate surface area is 93.6 Å². The summed E-state index contributed by atoms with van der Waals surface area (Å²) >= 11 is 0.695. The number of hydrogen-bond donors (Lipinski definition) is 3. The zero-order valence-corrected chi connectivity index (χ0v) is 9.34. The van der Waals surface area contributed by atoms with Crippen molar-refractivity contribution >= 4 is 17.5 Å². The molecule has 1 rings (SSSR count). The predicted octanol–water partition coefficient (Wildman–Crippen LogP) is -0.0712. The maximum atomic E-state index is 11.2. The second-order valence-electron chi connectivity index (χ2n) is 2.88. The predicted molar refractivity (Wildman–Crippen MR) is 57.3 cm³/mol. The number of hydrogen-bond acceptors (Lipinski definition) is 6. The third-order valence-corrected chi connectivity index (χ3v) is 2.78. The summed E-state index contributed by atoms with van der Waals surface area (Å²) < 4.78 is 0. The SMILES string of the molecule is CC(=O)/C(Sc1n[nH]c(=O)[nH]c1=O)=C(/C)O. The summed E-state index contributed by atoms with van der Waals surface area (Å²) in [6.45, 7) is 2.57. The Morgan fingerprint density at radius 3 is 2.44 bits per heavy atom. The molecule has 0 atom stereocenters. The quantitative estimate of drug-likeness (QED) is 0.388. The average Bonchev–Trinajstić information content (AvgIpc) is 2.15. The van der Waals surface area contributed by atoms with Gasteiger partial charge in [0.05, 0.1) is 4.91 Å². The molecule has 1 heterocycles. The van der Waals surface area contributed by atoms with E-state index in [1.807, 2.05) is 10.1 Å². The maximum Gasteiger partial charge on any atom is 0.342 e. The molecule has 0 bridgehead atoms. The van der Waals surface area contributed by atoms with E-state index in [0.717, 1.165) is 0 Å². The van der Waals surface area contributed by atoms with Crippen LogP contribution in [0.1, 0.15) is 13.8 Å². The van der Waals surface area contributed by atoms with Crippen molar-refractivity contribution in [2.45, 2.75) is 18.9 Å². The number of aromatic amines is 2. The van der Waals surface area contributed by atoms with Crippen LogP contribution in [-0.4, -0.2) is 26.1 Å². The van der Waals surface area contributed by atoms with Gasteiger partial charge in [0.2, 0.25) is 0 Å². The molecular weight excluding hydrogens is 234 g/mol. The van der Waals surface area contributed by atoms with Gasteiger partial charge >= 0.3 is 5.69 Å². The molecule has 0 amide bonds. The summed E-state index contributed by atoms with van der Waals surface area (Å²) in [4.78, 5) is 35.0. The van der Waals surface area contributed by atoms with E-state index < -0.39 is 17.0 Å². The van der Waals surface area contributed by atoms with Crippen LogP contribution in [0, 0.1) is 0 Å². The molecule has 0 saturated carbocycles. The molecule has 8 heteroatoms. The number of nitrogens with one attached hydrogen (secondary N) is 2. The summed E-state index contributed by atoms with van der Waals surface area (Å²) in [5.41, 5.74) is -1.45. The van der Waals surface area contributed by atoms with Crippen LogP contribution in [-0.2, 0) is 4.79 Å². The highest BCUT2D eigenvalue weighted by molar-refractivity contribution is 8.04. The van der Waals surface area contributed by atoms with Crippen molar-refractivity contribution in [2.24, 2.45) is 0 Å². The molecule has 1 aromatic rings. The van der Waals surface area contributed by atoms with Crippen molar-refractivity contribution in [3.63, 3.8) is 0 Å². The average molecular weight is 243 g/mol. The number of rotatable bonds is 3. The topological polar surface area (TPSA) is 116 Å². The standard InChI is InChI=1S/C8H9N3O4S/c1-3(12)5(4(2)13)16-7-6(14)9-8(15)11-10-7/h12H,1-2H3,(H2,9,11,14,15)/b5-3+. The van der Waals surface area contributed by atoms with Gasteiger partial charge < -0.3 is 5.11 Å². The summed E-state index contributed by atoms with van der Waals surface area (Å²) in [5.74, 6) is -0.595. The van der Waals surface area contributed by atoms with Crippen molar-refractivity contribution in [1.29, 1.82) is 0 Å². The summed E-state index contributed by atoms with van der Waals surface area (Å²) in [5, 5.41) is 14.6. The highest BCUT2D eigenvalue weighted by Gasteiger charge is 2.14. The number of ketones is 1. The van der Waals surface area contributed by atoms with Gasteiger partial charge in [0.1, 0.15) is 5.76 Å². The normalized spacial score (nSPS) is 12.1. The van der Waals surface area contributed by atoms with Gasteiger partial charge in [-0.2, -0.15) is 5.10 Å². The van der Waals surface area contributed by atoms with Crippen LogP contribution in [0.5, 0.6) is 0 Å². The minimum atomic E-state index is -0.733. The van der Waals surface area contributed by atoms with Crippen LogP contribution in [0.3, 0.4) is 0 Å². The van der Waals surface area contributed by atoms with Gasteiger partial charge in [-0.25, -0.2) is 9.89 Å². The fraction of sp³-hybridized carbons (Fsp3) is 0.250. The zero-order valence-electron chi connectivity index (χ0n) is 8.53. The van der Waals surface area contributed by atoms with E-state index >= 15 is 0 Å². The number of aliphatic hydroxyl groups excluding tert-OH is 1. The number of allylic oxidation sites excluding steroid dienone is 2. The van der Waals surface area contributed by atoms with Gasteiger partial charge in [0, 0.05) is 0 Å². The Hall–Kier alpha value is -1.83. The molecule has 7 nitrogen and oxygen atoms in total. The second kappa shape index (κ2) is 4.79. The number of H-pyrrole nitrogens is 2. The maximum absolute atomic E-state index is 11.2. The number of nitrogens with zero attached hydrogens (tertiary/aromatic N) is 1. The zero-order chi connectivity index (χ0) is 12.3. The molecule has 0 radical (unpaired) electrons. The lowest BCUT2D eigenvalue weighted by molar-refractivity contribution is -0.113. The minimum absolute atomic E-state index is 0.00467. The fourth-order valence-corrected chi connectivity index (χ4v) is 1.62. The first-order chi connectivity index (χ1) is 7.41. The molecule has 0 spiro atoms. The van der Waals surface area contributed by atoms with Crippen LogP contribution in [0.2, 0.25) is 0 Å². The molecule has 1 aromatic heterocycles. The van der Waals surface area contributed by atoms with Gasteiger partial charge in [0.25, 0.3) is 5.56 Å². The van der Waals surface area contributed by atoms with E-state index in [1.165, 1.54) is 13.8 Å². The summed E-state index contributed by atoms with van der Waals surface area (Å²) in [6.07, 6.45) is 0. The molecule has 0 aliphatic carbocycles. The molecule has 16 heavy (non-hydrogen) atoms. The molecule has 0 aliphatic rings. The third kappa shape index (κ3) is 2.83. The van der Waals surface area contributed by atoms with Crippen LogP contribution >= 0.6 is 11.8 Å². The summed E-state index contributed by atoms with van der Waals surface area (Å²) in [6, 6.07) is 0. The molecule has 0 saturated heterocycles. The van der Waals surface area contributed by atoms with Crippen LogP contribution in [0.15, 0.2) is 25.3 Å². The first kappa shape index (κ1) is 12.2. The highest BCUT2D eigenvalue weighted by atomic mass is 32.2. The number of aromatic nitrogens is 3. The smallest absolute Gasteiger partial charge is 0.342 e. The van der Waals surface area contributed by atoms with E-state index in [9.17, 15) is 19.5 Å². The van der Waals surface area contributed by atoms with Crippen molar-refractivity contribution < 1.29 is 9.90 Å². The number of carbonyl (C=O) groups excluding carboxylic acids is 1. The van der Waals surface area contributed by atoms with E-state index in [-0.39, 0.29) is 15.7 Å². The molecule has 86 valence electrons. The number of carbonyl (C=O) groups is 1. The van der Waals surface area contributed by atoms with Gasteiger partial charge in [-0.3, -0.25) is 14.6 Å². The molecule has 0 fully saturated rings. The second-order valence-corrected chi connectivity index (χ2v) is 3.88. The Morgan fingerprint density at radius 1 is 1.38 bits per heavy atom. The van der Waals surface area contributed by atoms with Gasteiger partial charge in [0.15, 0.2) is 10.8 Å². The van der Waals surface area contributed by atoms with E-state index in [0.29, 0.717) is 11.8 Å². The molecule has 0 aliphatic heterocycles. The fourth-order valence-electron chi connectivity index (χ4n) is 0.903. The van der Waals surface area contributed by atoms with Crippen molar-refractivity contribution in [3.8, 4) is 0 Å². The largest absolute Gasteiger partial charge is 0.511 e. The Balaban J connectivity index is 3.14. The van der Waals surface area contributed by atoms with Crippen LogP contribution in [0.4, 0.5) is 0 Å². The first-order valence-corrected chi connectivity index (χ1v) is 5.01. The highest BCUT2D eigenvalue weighted by Crippen LogP contribution is 2.24. The Bertz CT molecular complexity index is 553. The van der Waals surface area contributed by atoms with Crippen molar-refractivity contribution in [3.05, 3.63) is 31.5 Å². The van der Waals surface area contributed by atoms with Crippen LogP contribution < -0.4 is 11.2 Å². The van der Waals surface area contributed by atoms with Gasteiger partial charge in [-0.15, -0.1) is 0 Å². The molecular formula is C8H9N3O4S. The van der Waals surface area contributed by atoms with Crippen molar-refractivity contribution in [1.82, 2.24) is 15.2 Å². The first-order valence-electron chi connectivity index (χ1n) is 4.19. The van der Waals surface area contributed by atoms with E-state index in [1.54, 1.807) is 0 Å². The molecule has 0 unspecified atom stereocenters. The van der Waals surface area contributed by atoms with Crippen molar-refractivity contribution in [2.75, 3.05) is 0 Å². The lowest BCUT2D eigenvalue weighted by Crippen LogP contribution is -2.25. The van der Waals surface area contributed by atoms with Gasteiger partial charge in [-0.1, -0.05) is 11.8 Å². The number of Topliss-reactive ketones (excluding diaryl/α,β-unsaturated/α-hetero) is 1. The lowest BCUT2D eigenvalue weighted by Gasteiger charge is -2.02. The van der Waals surface area contributed by atoms with Crippen LogP contribution in [0.25, 0.3) is 0 Å². The molecule has 3 N–H and O–H groups in total. The minimum Gasteiger partial charge on any atom is -0.511 e. The Morgan fingerprint density at radius 2 is 2.00 bits per heavy atom. The van der Waals surface area contributed by atoms with E-state index in [4.69, 9.17) is 0 Å². The third-order valence-electron chi connectivity index (χ3n) is 1.53. The number of aliphatic hydroxyl groups is 1. The molecule has 0 aromatic carbocycles. The lowest BCUT2D eigenvalue weighted by atomic mass is 10.4. The van der Waals surface area contributed by atoms with Gasteiger partial charge in [-0.05, 0) is 13.8 Å². The summed E-state index contributed by atoms with van der Waals surface area (Å²) in [7, 11) is 0. The monoisotopic (exact) mass is 243 g/mol. The number of thioether (sulfide) groups is 1. The van der Waals surface area contributed by atoms with E-state index in [2.05, 4.69) is 5.10 Å². The Kier molecular flexibility index (Phi) is 3.67.